The van der Waals surface area contributed by atoms with Gasteiger partial charge in [-0.1, -0.05) is 11.6 Å². The van der Waals surface area contributed by atoms with Crippen molar-refractivity contribution in [2.45, 2.75) is 0 Å². The van der Waals surface area contributed by atoms with Gasteiger partial charge in [-0.3, -0.25) is 4.40 Å². The molecular formula is C13H8BrClFN3. The van der Waals surface area contributed by atoms with E-state index < -0.39 is 0 Å². The molecule has 3 aromatic rings. The Morgan fingerprint density at radius 3 is 2.79 bits per heavy atom. The maximum Gasteiger partial charge on any atom is 0.139 e. The predicted octanol–water partition coefficient (Wildman–Crippen LogP) is 4.14. The molecule has 0 aliphatic carbocycles. The minimum atomic E-state index is -0.390. The molecule has 0 saturated heterocycles. The van der Waals surface area contributed by atoms with Crippen molar-refractivity contribution in [3.63, 3.8) is 0 Å². The van der Waals surface area contributed by atoms with E-state index in [1.807, 2.05) is 18.3 Å². The summed E-state index contributed by atoms with van der Waals surface area (Å²) in [6, 6.07) is 7.86. The van der Waals surface area contributed by atoms with Crippen molar-refractivity contribution in [3.8, 4) is 11.3 Å². The Morgan fingerprint density at radius 2 is 2.05 bits per heavy atom. The molecule has 6 heteroatoms. The fraction of sp³-hybridized carbons (Fsp3) is 0. The van der Waals surface area contributed by atoms with E-state index in [-0.39, 0.29) is 10.8 Å². The van der Waals surface area contributed by atoms with Gasteiger partial charge < -0.3 is 5.73 Å². The lowest BCUT2D eigenvalue weighted by Crippen LogP contribution is -1.94. The van der Waals surface area contributed by atoms with Gasteiger partial charge in [-0.2, -0.15) is 0 Å². The van der Waals surface area contributed by atoms with E-state index in [9.17, 15) is 4.39 Å². The molecule has 2 heterocycles. The number of rotatable bonds is 1. The van der Waals surface area contributed by atoms with E-state index in [1.54, 1.807) is 10.5 Å². The molecule has 96 valence electrons. The van der Waals surface area contributed by atoms with Crippen LogP contribution in [0.5, 0.6) is 0 Å². The molecule has 3 nitrogen and oxygen atoms in total. The molecule has 2 N–H and O–H groups in total. The summed E-state index contributed by atoms with van der Waals surface area (Å²) in [7, 11) is 0. The first-order valence-electron chi connectivity index (χ1n) is 5.45. The van der Waals surface area contributed by atoms with Gasteiger partial charge in [0.2, 0.25) is 0 Å². The lowest BCUT2D eigenvalue weighted by Gasteiger charge is -2.02. The second-order valence-electron chi connectivity index (χ2n) is 4.05. The quantitative estimate of drug-likeness (QED) is 0.723. The third kappa shape index (κ3) is 2.09. The number of fused-ring (bicyclic) bond motifs is 1. The molecule has 19 heavy (non-hydrogen) atoms. The number of nitrogens with two attached hydrogens (primary N) is 1. The lowest BCUT2D eigenvalue weighted by molar-refractivity contribution is 0.628. The first kappa shape index (κ1) is 12.4. The molecule has 0 aliphatic rings. The van der Waals surface area contributed by atoms with Crippen LogP contribution in [-0.4, -0.2) is 9.38 Å². The van der Waals surface area contributed by atoms with Gasteiger partial charge in [-0.15, -0.1) is 0 Å². The van der Waals surface area contributed by atoms with Crippen LogP contribution in [-0.2, 0) is 0 Å². The third-order valence-electron chi connectivity index (χ3n) is 2.81. The molecule has 0 bridgehead atoms. The van der Waals surface area contributed by atoms with Crippen LogP contribution in [0, 0.1) is 5.82 Å². The summed E-state index contributed by atoms with van der Waals surface area (Å²) in [4.78, 5) is 4.42. The molecule has 0 saturated carbocycles. The van der Waals surface area contributed by atoms with Crippen LogP contribution in [0.15, 0.2) is 41.0 Å². The van der Waals surface area contributed by atoms with Crippen LogP contribution in [0.3, 0.4) is 0 Å². The molecule has 0 amide bonds. The Morgan fingerprint density at radius 1 is 1.26 bits per heavy atom. The fourth-order valence-electron chi connectivity index (χ4n) is 1.92. The highest BCUT2D eigenvalue weighted by atomic mass is 79.9. The Bertz CT molecular complexity index is 785. The molecule has 0 aliphatic heterocycles. The fourth-order valence-corrected chi connectivity index (χ4v) is 2.51. The number of pyridine rings is 1. The number of imidazole rings is 1. The highest BCUT2D eigenvalue weighted by molar-refractivity contribution is 9.10. The number of anilines is 1. The summed E-state index contributed by atoms with van der Waals surface area (Å²) in [5.41, 5.74) is 7.93. The number of hydrogen-bond donors (Lipinski definition) is 1. The highest BCUT2D eigenvalue weighted by Gasteiger charge is 2.14. The van der Waals surface area contributed by atoms with Gasteiger partial charge in [0, 0.05) is 16.2 Å². The van der Waals surface area contributed by atoms with Crippen molar-refractivity contribution < 1.29 is 4.39 Å². The molecule has 1 aromatic carbocycles. The van der Waals surface area contributed by atoms with Crippen LogP contribution in [0.1, 0.15) is 0 Å². The van der Waals surface area contributed by atoms with Crippen molar-refractivity contribution in [3.05, 3.63) is 51.8 Å². The monoisotopic (exact) mass is 339 g/mol. The summed E-state index contributed by atoms with van der Waals surface area (Å²) < 4.78 is 15.7. The zero-order valence-corrected chi connectivity index (χ0v) is 11.9. The zero-order chi connectivity index (χ0) is 13.6. The van der Waals surface area contributed by atoms with E-state index >= 15 is 0 Å². The first-order valence-corrected chi connectivity index (χ1v) is 6.62. The predicted molar refractivity (Wildman–Crippen MR) is 77.7 cm³/mol. The molecule has 3 rings (SSSR count). The van der Waals surface area contributed by atoms with Crippen molar-refractivity contribution in [2.24, 2.45) is 0 Å². The number of benzene rings is 1. The van der Waals surface area contributed by atoms with Crippen LogP contribution in [0.4, 0.5) is 10.2 Å². The van der Waals surface area contributed by atoms with Crippen molar-refractivity contribution in [1.82, 2.24) is 9.38 Å². The normalized spacial score (nSPS) is 11.1. The van der Waals surface area contributed by atoms with E-state index in [4.69, 9.17) is 17.3 Å². The molecule has 0 fully saturated rings. The molecule has 0 radical (unpaired) electrons. The van der Waals surface area contributed by atoms with Crippen molar-refractivity contribution in [2.75, 3.05) is 5.73 Å². The summed E-state index contributed by atoms with van der Waals surface area (Å²) in [5.74, 6) is 0.0728. The van der Waals surface area contributed by atoms with Gasteiger partial charge in [0.25, 0.3) is 0 Å². The van der Waals surface area contributed by atoms with Gasteiger partial charge in [0.1, 0.15) is 23.0 Å². The first-order chi connectivity index (χ1) is 9.06. The van der Waals surface area contributed by atoms with Gasteiger partial charge in [0.05, 0.1) is 5.02 Å². The van der Waals surface area contributed by atoms with Gasteiger partial charge in [-0.05, 0) is 46.3 Å². The largest absolute Gasteiger partial charge is 0.383 e. The number of halogens is 3. The number of hydrogen-bond acceptors (Lipinski definition) is 2. The van der Waals surface area contributed by atoms with Crippen LogP contribution >= 0.6 is 27.5 Å². The lowest BCUT2D eigenvalue weighted by atomic mass is 10.1. The smallest absolute Gasteiger partial charge is 0.139 e. The van der Waals surface area contributed by atoms with Gasteiger partial charge in [0.15, 0.2) is 0 Å². The standard InChI is InChI=1S/C13H8BrClFN3/c14-7-1-4-11-18-12(13(17)19(11)6-7)9-3-2-8(16)5-10(9)15/h1-6H,17H2. The zero-order valence-electron chi connectivity index (χ0n) is 9.57. The van der Waals surface area contributed by atoms with E-state index in [0.717, 1.165) is 4.47 Å². The minimum absolute atomic E-state index is 0.286. The maximum absolute atomic E-state index is 13.1. The second-order valence-corrected chi connectivity index (χ2v) is 5.37. The van der Waals surface area contributed by atoms with Crippen molar-refractivity contribution >= 4 is 39.0 Å². The third-order valence-corrected chi connectivity index (χ3v) is 3.59. The molecule has 0 unspecified atom stereocenters. The van der Waals surface area contributed by atoms with E-state index in [2.05, 4.69) is 20.9 Å². The summed E-state index contributed by atoms with van der Waals surface area (Å²) in [5, 5.41) is 0.286. The topological polar surface area (TPSA) is 43.3 Å². The van der Waals surface area contributed by atoms with Crippen molar-refractivity contribution in [1.29, 1.82) is 0 Å². The van der Waals surface area contributed by atoms with E-state index in [0.29, 0.717) is 22.7 Å². The van der Waals surface area contributed by atoms with Gasteiger partial charge >= 0.3 is 0 Å². The SMILES string of the molecule is Nc1c(-c2ccc(F)cc2Cl)nc2ccc(Br)cn12. The Balaban J connectivity index is 2.28. The number of nitrogen functional groups attached to an aromatic ring is 1. The molecular weight excluding hydrogens is 333 g/mol. The Labute approximate surface area is 122 Å². The molecule has 0 atom stereocenters. The summed E-state index contributed by atoms with van der Waals surface area (Å²) in [6.07, 6.45) is 1.82. The minimum Gasteiger partial charge on any atom is -0.383 e. The van der Waals surface area contributed by atoms with Crippen LogP contribution in [0.2, 0.25) is 5.02 Å². The number of aromatic nitrogens is 2. The maximum atomic E-state index is 13.1. The Hall–Kier alpha value is -1.59. The highest BCUT2D eigenvalue weighted by Crippen LogP contribution is 2.32. The second kappa shape index (κ2) is 4.51. The van der Waals surface area contributed by atoms with Crippen LogP contribution < -0.4 is 5.73 Å². The average Bonchev–Trinajstić information content (AvgIpc) is 2.67. The average molecular weight is 341 g/mol. The van der Waals surface area contributed by atoms with Gasteiger partial charge in [-0.25, -0.2) is 9.37 Å². The van der Waals surface area contributed by atoms with E-state index in [1.165, 1.54) is 12.1 Å². The summed E-state index contributed by atoms with van der Waals surface area (Å²) in [6.45, 7) is 0. The van der Waals surface area contributed by atoms with Crippen LogP contribution in [0.25, 0.3) is 16.9 Å². The summed E-state index contributed by atoms with van der Waals surface area (Å²) >= 11 is 9.42. The number of nitrogens with zero attached hydrogens (tertiary/aromatic N) is 2. The molecule has 0 spiro atoms. The molecule has 2 aromatic heterocycles. The Kier molecular flexibility index (Phi) is 2.95.